The van der Waals surface area contributed by atoms with Crippen LogP contribution in [0.3, 0.4) is 0 Å². The molecule has 0 aromatic rings. The van der Waals surface area contributed by atoms with Gasteiger partial charge in [0, 0.05) is 13.5 Å². The molecule has 0 fully saturated rings. The van der Waals surface area contributed by atoms with Gasteiger partial charge in [0.1, 0.15) is 0 Å². The van der Waals surface area contributed by atoms with Crippen molar-refractivity contribution < 1.29 is 9.59 Å². The topological polar surface area (TPSA) is 46.2 Å². The van der Waals surface area contributed by atoms with Crippen LogP contribution in [0.15, 0.2) is 0 Å². The lowest BCUT2D eigenvalue weighted by atomic mass is 9.88. The van der Waals surface area contributed by atoms with E-state index < -0.39 is 11.7 Å². The molecule has 3 heteroatoms. The number of carbonyl (C=O) groups excluding carboxylic acids is 2. The van der Waals surface area contributed by atoms with Crippen molar-refractivity contribution in [3.63, 3.8) is 0 Å². The molecule has 0 aromatic carbocycles. The summed E-state index contributed by atoms with van der Waals surface area (Å²) < 4.78 is 0. The van der Waals surface area contributed by atoms with E-state index in [9.17, 15) is 9.59 Å². The van der Waals surface area contributed by atoms with E-state index in [4.69, 9.17) is 0 Å². The van der Waals surface area contributed by atoms with Crippen LogP contribution in [-0.2, 0) is 9.59 Å². The summed E-state index contributed by atoms with van der Waals surface area (Å²) in [7, 11) is 0. The van der Waals surface area contributed by atoms with Crippen LogP contribution >= 0.6 is 0 Å². The van der Waals surface area contributed by atoms with Crippen molar-refractivity contribution in [1.82, 2.24) is 5.32 Å². The number of carbonyl (C=O) groups is 2. The van der Waals surface area contributed by atoms with Gasteiger partial charge in [0.2, 0.25) is 5.78 Å². The Morgan fingerprint density at radius 2 is 1.85 bits per heavy atom. The predicted octanol–water partition coefficient (Wildman–Crippen LogP) is 1.52. The molecule has 0 radical (unpaired) electrons. The highest BCUT2D eigenvalue weighted by Gasteiger charge is 2.18. The Balaban J connectivity index is 3.87. The van der Waals surface area contributed by atoms with Crippen LogP contribution in [0.2, 0.25) is 0 Å². The smallest absolute Gasteiger partial charge is 0.287 e. The molecule has 3 nitrogen and oxygen atoms in total. The maximum atomic E-state index is 10.9. The first-order valence-corrected chi connectivity index (χ1v) is 4.68. The Morgan fingerprint density at radius 3 is 2.23 bits per heavy atom. The van der Waals surface area contributed by atoms with Gasteiger partial charge in [0.05, 0.1) is 0 Å². The summed E-state index contributed by atoms with van der Waals surface area (Å²) in [6.45, 7) is 8.11. The third-order valence-electron chi connectivity index (χ3n) is 1.97. The average molecular weight is 185 g/mol. The molecule has 0 saturated carbocycles. The largest absolute Gasteiger partial charge is 0.349 e. The molecule has 0 spiro atoms. The zero-order valence-electron chi connectivity index (χ0n) is 8.94. The lowest BCUT2D eigenvalue weighted by Gasteiger charge is -2.23. The Kier molecular flexibility index (Phi) is 4.67. The Labute approximate surface area is 79.9 Å². The number of hydrogen-bond donors (Lipinski definition) is 1. The van der Waals surface area contributed by atoms with Crippen molar-refractivity contribution in [2.45, 2.75) is 40.5 Å². The van der Waals surface area contributed by atoms with Gasteiger partial charge in [-0.1, -0.05) is 27.2 Å². The van der Waals surface area contributed by atoms with Crippen LogP contribution in [-0.4, -0.2) is 18.2 Å². The molecule has 0 aliphatic carbocycles. The van der Waals surface area contributed by atoms with Crippen molar-refractivity contribution in [3.8, 4) is 0 Å². The van der Waals surface area contributed by atoms with Gasteiger partial charge in [-0.25, -0.2) is 0 Å². The third kappa shape index (κ3) is 5.39. The molecule has 1 N–H and O–H groups in total. The van der Waals surface area contributed by atoms with Crippen LogP contribution in [0.4, 0.5) is 0 Å². The molecular weight excluding hydrogens is 166 g/mol. The van der Waals surface area contributed by atoms with Crippen molar-refractivity contribution in [2.75, 3.05) is 6.54 Å². The van der Waals surface area contributed by atoms with Crippen molar-refractivity contribution >= 4 is 11.7 Å². The molecule has 0 rings (SSSR count). The number of ketones is 1. The minimum atomic E-state index is -0.482. The molecule has 0 saturated heterocycles. The van der Waals surface area contributed by atoms with E-state index in [1.54, 1.807) is 0 Å². The van der Waals surface area contributed by atoms with Gasteiger partial charge in [0.25, 0.3) is 5.91 Å². The minimum Gasteiger partial charge on any atom is -0.349 e. The quantitative estimate of drug-likeness (QED) is 0.660. The summed E-state index contributed by atoms with van der Waals surface area (Å²) in [5.74, 6) is -0.906. The monoisotopic (exact) mass is 185 g/mol. The van der Waals surface area contributed by atoms with Gasteiger partial charge in [-0.2, -0.15) is 0 Å². The highest BCUT2D eigenvalue weighted by atomic mass is 16.2. The van der Waals surface area contributed by atoms with Crippen molar-refractivity contribution in [1.29, 1.82) is 0 Å². The lowest BCUT2D eigenvalue weighted by molar-refractivity contribution is -0.136. The molecule has 0 atom stereocenters. The zero-order chi connectivity index (χ0) is 10.5. The number of nitrogens with one attached hydrogen (secondary N) is 1. The first-order chi connectivity index (χ1) is 5.89. The first kappa shape index (κ1) is 12.1. The summed E-state index contributed by atoms with van der Waals surface area (Å²) >= 11 is 0. The fourth-order valence-corrected chi connectivity index (χ4v) is 1.21. The normalized spacial score (nSPS) is 11.1. The van der Waals surface area contributed by atoms with E-state index in [-0.39, 0.29) is 5.41 Å². The van der Waals surface area contributed by atoms with E-state index in [0.29, 0.717) is 6.54 Å². The standard InChI is InChI=1S/C10H19NO2/c1-5-6-10(3,4)7-11-9(13)8(2)12/h5-7H2,1-4H3,(H,11,13). The minimum absolute atomic E-state index is 0.0832. The second-order valence-corrected chi connectivity index (χ2v) is 4.15. The van der Waals surface area contributed by atoms with E-state index in [1.807, 2.05) is 0 Å². The Bertz CT molecular complexity index is 197. The van der Waals surface area contributed by atoms with Gasteiger partial charge >= 0.3 is 0 Å². The molecule has 76 valence electrons. The summed E-state index contributed by atoms with van der Waals surface area (Å²) in [6, 6.07) is 0. The summed E-state index contributed by atoms with van der Waals surface area (Å²) in [6.07, 6.45) is 2.13. The number of amides is 1. The SMILES string of the molecule is CCCC(C)(C)CNC(=O)C(C)=O. The molecule has 1 amide bonds. The molecule has 13 heavy (non-hydrogen) atoms. The molecule has 0 bridgehead atoms. The number of Topliss-reactive ketones (excluding diaryl/α,β-unsaturated/α-hetero) is 1. The molecule has 0 aliphatic heterocycles. The highest BCUT2D eigenvalue weighted by molar-refractivity contribution is 6.35. The van der Waals surface area contributed by atoms with Crippen molar-refractivity contribution in [3.05, 3.63) is 0 Å². The molecule has 0 aliphatic rings. The lowest BCUT2D eigenvalue weighted by Crippen LogP contribution is -2.37. The van der Waals surface area contributed by atoms with Crippen LogP contribution in [0.5, 0.6) is 0 Å². The summed E-state index contributed by atoms with van der Waals surface area (Å²) in [4.78, 5) is 21.5. The van der Waals surface area contributed by atoms with Crippen molar-refractivity contribution in [2.24, 2.45) is 5.41 Å². The molecular formula is C10H19NO2. The van der Waals surface area contributed by atoms with Crippen LogP contribution in [0.1, 0.15) is 40.5 Å². The number of rotatable bonds is 5. The molecule has 0 heterocycles. The fraction of sp³-hybridized carbons (Fsp3) is 0.800. The van der Waals surface area contributed by atoms with Gasteiger partial charge < -0.3 is 5.32 Å². The Morgan fingerprint density at radius 1 is 1.31 bits per heavy atom. The molecule has 0 unspecified atom stereocenters. The summed E-state index contributed by atoms with van der Waals surface area (Å²) in [5, 5.41) is 2.62. The molecule has 0 aromatic heterocycles. The maximum absolute atomic E-state index is 10.9. The first-order valence-electron chi connectivity index (χ1n) is 4.68. The van der Waals surface area contributed by atoms with E-state index >= 15 is 0 Å². The fourth-order valence-electron chi connectivity index (χ4n) is 1.21. The third-order valence-corrected chi connectivity index (χ3v) is 1.97. The van der Waals surface area contributed by atoms with E-state index in [1.165, 1.54) is 6.92 Å². The second kappa shape index (κ2) is 5.00. The van der Waals surface area contributed by atoms with Gasteiger partial charge in [-0.3, -0.25) is 9.59 Å². The number of hydrogen-bond acceptors (Lipinski definition) is 2. The van der Waals surface area contributed by atoms with Gasteiger partial charge in [-0.15, -0.1) is 0 Å². The van der Waals surface area contributed by atoms with Crippen LogP contribution in [0, 0.1) is 5.41 Å². The predicted molar refractivity (Wildman–Crippen MR) is 52.4 cm³/mol. The Hall–Kier alpha value is -0.860. The van der Waals surface area contributed by atoms with E-state index in [2.05, 4.69) is 26.1 Å². The second-order valence-electron chi connectivity index (χ2n) is 4.15. The maximum Gasteiger partial charge on any atom is 0.287 e. The van der Waals surface area contributed by atoms with Gasteiger partial charge in [0.15, 0.2) is 0 Å². The average Bonchev–Trinajstić information content (AvgIpc) is 2.00. The van der Waals surface area contributed by atoms with E-state index in [0.717, 1.165) is 12.8 Å². The highest BCUT2D eigenvalue weighted by Crippen LogP contribution is 2.20. The summed E-state index contributed by atoms with van der Waals surface area (Å²) in [5.41, 5.74) is 0.0832. The van der Waals surface area contributed by atoms with Crippen LogP contribution in [0.25, 0.3) is 0 Å². The van der Waals surface area contributed by atoms with Gasteiger partial charge in [-0.05, 0) is 11.8 Å². The zero-order valence-corrected chi connectivity index (χ0v) is 8.94. The van der Waals surface area contributed by atoms with Crippen LogP contribution < -0.4 is 5.32 Å².